The number of anilines is 1. The van der Waals surface area contributed by atoms with Gasteiger partial charge in [0.25, 0.3) is 5.91 Å². The number of methoxy groups -OCH3 is 1. The van der Waals surface area contributed by atoms with Crippen LogP contribution in [0, 0.1) is 0 Å². The van der Waals surface area contributed by atoms with E-state index in [-0.39, 0.29) is 17.2 Å². The standard InChI is InChI=1S/C15H22N2O4/c1-5-17(6-2)14(18)10(3)21-15(19)11-8-7-9-12(20-4)13(11)16/h7-10H,5-6,16H2,1-4H3. The van der Waals surface area contributed by atoms with Crippen LogP contribution in [0.2, 0.25) is 0 Å². The number of carbonyl (C=O) groups excluding carboxylic acids is 2. The number of ether oxygens (including phenoxy) is 2. The monoisotopic (exact) mass is 294 g/mol. The van der Waals surface area contributed by atoms with Crippen LogP contribution in [0.3, 0.4) is 0 Å². The Kier molecular flexibility index (Phi) is 6.02. The van der Waals surface area contributed by atoms with Crippen LogP contribution in [0.4, 0.5) is 5.69 Å². The van der Waals surface area contributed by atoms with Crippen molar-refractivity contribution in [3.63, 3.8) is 0 Å². The molecule has 0 spiro atoms. The third-order valence-electron chi connectivity index (χ3n) is 3.21. The van der Waals surface area contributed by atoms with Gasteiger partial charge in [0.05, 0.1) is 18.4 Å². The number of nitrogens with two attached hydrogens (primary N) is 1. The molecule has 6 heteroatoms. The van der Waals surface area contributed by atoms with Gasteiger partial charge < -0.3 is 20.1 Å². The van der Waals surface area contributed by atoms with Gasteiger partial charge in [-0.2, -0.15) is 0 Å². The highest BCUT2D eigenvalue weighted by Crippen LogP contribution is 2.25. The van der Waals surface area contributed by atoms with Gasteiger partial charge in [-0.05, 0) is 32.9 Å². The smallest absolute Gasteiger partial charge is 0.341 e. The molecule has 0 fully saturated rings. The lowest BCUT2D eigenvalue weighted by atomic mass is 10.1. The first kappa shape index (κ1) is 16.8. The van der Waals surface area contributed by atoms with E-state index in [2.05, 4.69) is 0 Å². The molecular formula is C15H22N2O4. The zero-order valence-electron chi connectivity index (χ0n) is 12.9. The molecule has 0 radical (unpaired) electrons. The van der Waals surface area contributed by atoms with E-state index >= 15 is 0 Å². The Hall–Kier alpha value is -2.24. The lowest BCUT2D eigenvalue weighted by Crippen LogP contribution is -2.39. The third kappa shape index (κ3) is 3.87. The number of nitrogen functional groups attached to an aromatic ring is 1. The number of esters is 1. The maximum absolute atomic E-state index is 12.1. The second-order valence-electron chi connectivity index (χ2n) is 4.48. The van der Waals surface area contributed by atoms with E-state index in [4.69, 9.17) is 15.2 Å². The summed E-state index contributed by atoms with van der Waals surface area (Å²) in [5.41, 5.74) is 6.23. The molecule has 6 nitrogen and oxygen atoms in total. The first-order valence-electron chi connectivity index (χ1n) is 6.88. The molecule has 0 saturated heterocycles. The molecule has 2 N–H and O–H groups in total. The molecule has 0 heterocycles. The van der Waals surface area contributed by atoms with Crippen LogP contribution in [-0.2, 0) is 9.53 Å². The van der Waals surface area contributed by atoms with Crippen LogP contribution in [0.15, 0.2) is 18.2 Å². The molecule has 1 unspecified atom stereocenters. The molecule has 116 valence electrons. The van der Waals surface area contributed by atoms with Gasteiger partial charge in [0.15, 0.2) is 6.10 Å². The first-order chi connectivity index (χ1) is 9.96. The minimum absolute atomic E-state index is 0.188. The van der Waals surface area contributed by atoms with Crippen molar-refractivity contribution in [1.82, 2.24) is 4.90 Å². The lowest BCUT2D eigenvalue weighted by molar-refractivity contribution is -0.139. The predicted molar refractivity (Wildman–Crippen MR) is 80.2 cm³/mol. The van der Waals surface area contributed by atoms with Gasteiger partial charge in [0.2, 0.25) is 0 Å². The summed E-state index contributed by atoms with van der Waals surface area (Å²) in [5, 5.41) is 0. The highest BCUT2D eigenvalue weighted by atomic mass is 16.5. The van der Waals surface area contributed by atoms with Crippen LogP contribution in [0.5, 0.6) is 5.75 Å². The fourth-order valence-electron chi connectivity index (χ4n) is 1.97. The van der Waals surface area contributed by atoms with E-state index in [0.29, 0.717) is 18.8 Å². The van der Waals surface area contributed by atoms with Crippen LogP contribution >= 0.6 is 0 Å². The fourth-order valence-corrected chi connectivity index (χ4v) is 1.97. The van der Waals surface area contributed by atoms with Crippen LogP contribution in [0.1, 0.15) is 31.1 Å². The second kappa shape index (κ2) is 7.52. The van der Waals surface area contributed by atoms with E-state index < -0.39 is 12.1 Å². The number of carbonyl (C=O) groups is 2. The van der Waals surface area contributed by atoms with Crippen molar-refractivity contribution in [3.8, 4) is 5.75 Å². The number of hydrogen-bond acceptors (Lipinski definition) is 5. The quantitative estimate of drug-likeness (QED) is 0.638. The van der Waals surface area contributed by atoms with Gasteiger partial charge in [-0.25, -0.2) is 4.79 Å². The van der Waals surface area contributed by atoms with Gasteiger partial charge in [0, 0.05) is 13.1 Å². The summed E-state index contributed by atoms with van der Waals surface area (Å²) in [4.78, 5) is 25.8. The molecule has 0 aliphatic carbocycles. The Morgan fingerprint density at radius 2 is 1.90 bits per heavy atom. The predicted octanol–water partition coefficient (Wildman–Crippen LogP) is 1.69. The molecule has 0 bridgehead atoms. The maximum Gasteiger partial charge on any atom is 0.341 e. The van der Waals surface area contributed by atoms with E-state index in [9.17, 15) is 9.59 Å². The van der Waals surface area contributed by atoms with Gasteiger partial charge >= 0.3 is 5.97 Å². The Balaban J connectivity index is 2.84. The highest BCUT2D eigenvalue weighted by Gasteiger charge is 2.24. The van der Waals surface area contributed by atoms with E-state index in [1.807, 2.05) is 13.8 Å². The van der Waals surface area contributed by atoms with Gasteiger partial charge in [-0.3, -0.25) is 4.79 Å². The topological polar surface area (TPSA) is 81.9 Å². The summed E-state index contributed by atoms with van der Waals surface area (Å²) in [5.74, 6) is -0.471. The van der Waals surface area contributed by atoms with Crippen molar-refractivity contribution in [1.29, 1.82) is 0 Å². The largest absolute Gasteiger partial charge is 0.495 e. The minimum atomic E-state index is -0.858. The zero-order valence-corrected chi connectivity index (χ0v) is 12.9. The number of benzene rings is 1. The van der Waals surface area contributed by atoms with Crippen molar-refractivity contribution in [3.05, 3.63) is 23.8 Å². The first-order valence-corrected chi connectivity index (χ1v) is 6.88. The van der Waals surface area contributed by atoms with E-state index in [0.717, 1.165) is 0 Å². The molecule has 1 amide bonds. The van der Waals surface area contributed by atoms with Crippen molar-refractivity contribution in [2.24, 2.45) is 0 Å². The van der Waals surface area contributed by atoms with Crippen molar-refractivity contribution in [2.75, 3.05) is 25.9 Å². The number of hydrogen-bond donors (Lipinski definition) is 1. The molecule has 1 rings (SSSR count). The summed E-state index contributed by atoms with van der Waals surface area (Å²) >= 11 is 0. The molecule has 1 aromatic rings. The normalized spacial score (nSPS) is 11.6. The minimum Gasteiger partial charge on any atom is -0.495 e. The van der Waals surface area contributed by atoms with Gasteiger partial charge in [-0.1, -0.05) is 6.07 Å². The summed E-state index contributed by atoms with van der Waals surface area (Å²) < 4.78 is 10.3. The highest BCUT2D eigenvalue weighted by molar-refractivity contribution is 5.98. The average Bonchev–Trinajstić information content (AvgIpc) is 2.48. The van der Waals surface area contributed by atoms with Crippen molar-refractivity contribution < 1.29 is 19.1 Å². The zero-order chi connectivity index (χ0) is 16.0. The SMILES string of the molecule is CCN(CC)C(=O)C(C)OC(=O)c1cccc(OC)c1N. The lowest BCUT2D eigenvalue weighted by Gasteiger charge is -2.23. The van der Waals surface area contributed by atoms with Crippen molar-refractivity contribution in [2.45, 2.75) is 26.9 Å². The molecule has 0 aromatic heterocycles. The third-order valence-corrected chi connectivity index (χ3v) is 3.21. The molecule has 0 aliphatic heterocycles. The van der Waals surface area contributed by atoms with Gasteiger partial charge in [-0.15, -0.1) is 0 Å². The van der Waals surface area contributed by atoms with Gasteiger partial charge in [0.1, 0.15) is 5.75 Å². The number of likely N-dealkylation sites (N-methyl/N-ethyl adjacent to an activating group) is 1. The molecular weight excluding hydrogens is 272 g/mol. The Labute approximate surface area is 124 Å². The number of nitrogens with zero attached hydrogens (tertiary/aromatic N) is 1. The fraction of sp³-hybridized carbons (Fsp3) is 0.467. The van der Waals surface area contributed by atoms with Crippen LogP contribution in [0.25, 0.3) is 0 Å². The molecule has 0 aliphatic rings. The number of amides is 1. The average molecular weight is 294 g/mol. The molecule has 0 saturated carbocycles. The Morgan fingerprint density at radius 1 is 1.29 bits per heavy atom. The van der Waals surface area contributed by atoms with Crippen LogP contribution < -0.4 is 10.5 Å². The van der Waals surface area contributed by atoms with Crippen LogP contribution in [-0.4, -0.2) is 43.1 Å². The summed E-state index contributed by atoms with van der Waals surface area (Å²) in [7, 11) is 1.47. The second-order valence-corrected chi connectivity index (χ2v) is 4.48. The summed E-state index contributed by atoms with van der Waals surface area (Å²) in [6.45, 7) is 6.43. The summed E-state index contributed by atoms with van der Waals surface area (Å²) in [6.07, 6.45) is -0.858. The van der Waals surface area contributed by atoms with E-state index in [1.54, 1.807) is 24.0 Å². The Bertz CT molecular complexity index is 512. The van der Waals surface area contributed by atoms with E-state index in [1.165, 1.54) is 13.2 Å². The maximum atomic E-state index is 12.1. The molecule has 1 aromatic carbocycles. The number of para-hydroxylation sites is 1. The number of rotatable bonds is 6. The van der Waals surface area contributed by atoms with Crippen molar-refractivity contribution >= 4 is 17.6 Å². The Morgan fingerprint density at radius 3 is 2.43 bits per heavy atom. The molecule has 21 heavy (non-hydrogen) atoms. The molecule has 1 atom stereocenters. The summed E-state index contributed by atoms with van der Waals surface area (Å²) in [6, 6.07) is 4.83.